The van der Waals surface area contributed by atoms with Gasteiger partial charge in [0.05, 0.1) is 15.2 Å². The summed E-state index contributed by atoms with van der Waals surface area (Å²) in [7, 11) is 4.54. The predicted molar refractivity (Wildman–Crippen MR) is 70.3 cm³/mol. The fourth-order valence-electron chi connectivity index (χ4n) is 1.82. The molecule has 0 aliphatic rings. The van der Waals surface area contributed by atoms with Gasteiger partial charge in [-0.2, -0.15) is 0 Å². The molecule has 0 bridgehead atoms. The normalized spacial score (nSPS) is 11.3. The maximum Gasteiger partial charge on any atom is 0.120 e. The van der Waals surface area contributed by atoms with E-state index >= 15 is 0 Å². The van der Waals surface area contributed by atoms with Crippen molar-refractivity contribution in [2.24, 2.45) is 0 Å². The molecule has 0 N–H and O–H groups in total. The van der Waals surface area contributed by atoms with E-state index < -0.39 is 8.07 Å². The zero-order chi connectivity index (χ0) is 11.6. The molecule has 15 heavy (non-hydrogen) atoms. The highest BCUT2D eigenvalue weighted by molar-refractivity contribution is 6.90. The first-order chi connectivity index (χ1) is 6.88. The van der Waals surface area contributed by atoms with Gasteiger partial charge in [-0.25, -0.2) is 0 Å². The Bertz CT molecular complexity index is 342. The van der Waals surface area contributed by atoms with Crippen molar-refractivity contribution < 1.29 is 4.74 Å². The molecule has 84 valence electrons. The van der Waals surface area contributed by atoms with Crippen molar-refractivity contribution in [2.45, 2.75) is 19.6 Å². The molecular weight excluding hydrogens is 202 g/mol. The second-order valence-electron chi connectivity index (χ2n) is 5.00. The third-order valence-electron chi connectivity index (χ3n) is 2.46. The molecule has 0 radical (unpaired) electrons. The van der Waals surface area contributed by atoms with Crippen LogP contribution in [0, 0.1) is 0 Å². The number of anilines is 1. The zero-order valence-corrected chi connectivity index (χ0v) is 11.6. The fraction of sp³-hybridized carbons (Fsp3) is 0.500. The summed E-state index contributed by atoms with van der Waals surface area (Å²) in [5.41, 5.74) is 1.29. The number of methoxy groups -OCH3 is 1. The van der Waals surface area contributed by atoms with Gasteiger partial charge in [0, 0.05) is 25.0 Å². The van der Waals surface area contributed by atoms with Crippen molar-refractivity contribution in [3.63, 3.8) is 0 Å². The molecule has 0 aliphatic heterocycles. The summed E-state index contributed by atoms with van der Waals surface area (Å²) in [6.07, 6.45) is 0. The molecule has 1 aromatic rings. The quantitative estimate of drug-likeness (QED) is 0.729. The number of rotatable bonds is 3. The Balaban J connectivity index is 3.41. The lowest BCUT2D eigenvalue weighted by molar-refractivity contribution is 0.418. The Kier molecular flexibility index (Phi) is 3.45. The highest BCUT2D eigenvalue weighted by Crippen LogP contribution is 2.22. The van der Waals surface area contributed by atoms with Crippen molar-refractivity contribution in [1.82, 2.24) is 0 Å². The SMILES string of the molecule is COc1cccc(N(C)C)c1[Si](C)(C)C. The molecule has 2 nitrogen and oxygen atoms in total. The van der Waals surface area contributed by atoms with Crippen LogP contribution in [0.1, 0.15) is 0 Å². The predicted octanol–water partition coefficient (Wildman–Crippen LogP) is 2.31. The van der Waals surface area contributed by atoms with Gasteiger partial charge in [0.2, 0.25) is 0 Å². The minimum atomic E-state index is -1.37. The highest BCUT2D eigenvalue weighted by Gasteiger charge is 2.25. The highest BCUT2D eigenvalue weighted by atomic mass is 28.3. The molecule has 0 atom stereocenters. The van der Waals surface area contributed by atoms with Crippen molar-refractivity contribution in [2.75, 3.05) is 26.1 Å². The van der Waals surface area contributed by atoms with Crippen LogP contribution in [0.4, 0.5) is 5.69 Å². The zero-order valence-electron chi connectivity index (χ0n) is 10.6. The van der Waals surface area contributed by atoms with Gasteiger partial charge in [-0.1, -0.05) is 25.7 Å². The molecule has 1 rings (SSSR count). The summed E-state index contributed by atoms with van der Waals surface area (Å²) >= 11 is 0. The largest absolute Gasteiger partial charge is 0.497 e. The number of benzene rings is 1. The van der Waals surface area contributed by atoms with Crippen LogP contribution in [-0.4, -0.2) is 29.3 Å². The summed E-state index contributed by atoms with van der Waals surface area (Å²) in [5.74, 6) is 1.03. The smallest absolute Gasteiger partial charge is 0.120 e. The Morgan fingerprint density at radius 2 is 1.73 bits per heavy atom. The van der Waals surface area contributed by atoms with Crippen molar-refractivity contribution in [3.05, 3.63) is 18.2 Å². The van der Waals surface area contributed by atoms with Crippen LogP contribution in [0.5, 0.6) is 5.75 Å². The van der Waals surface area contributed by atoms with Crippen molar-refractivity contribution in [3.8, 4) is 5.75 Å². The lowest BCUT2D eigenvalue weighted by Gasteiger charge is -2.27. The second-order valence-corrected chi connectivity index (χ2v) is 10.00. The van der Waals surface area contributed by atoms with Crippen molar-refractivity contribution in [1.29, 1.82) is 0 Å². The summed E-state index contributed by atoms with van der Waals surface area (Å²) in [6, 6.07) is 6.27. The maximum absolute atomic E-state index is 5.47. The average Bonchev–Trinajstić information content (AvgIpc) is 2.15. The van der Waals surface area contributed by atoms with E-state index in [4.69, 9.17) is 4.74 Å². The molecule has 0 saturated carbocycles. The second kappa shape index (κ2) is 4.27. The maximum atomic E-state index is 5.47. The van der Waals surface area contributed by atoms with E-state index in [1.165, 1.54) is 10.9 Å². The van der Waals surface area contributed by atoms with Gasteiger partial charge in [0.15, 0.2) is 0 Å². The van der Waals surface area contributed by atoms with Crippen LogP contribution in [0.2, 0.25) is 19.6 Å². The van der Waals surface area contributed by atoms with Gasteiger partial charge in [0.1, 0.15) is 5.75 Å². The Labute approximate surface area is 93.9 Å². The first-order valence-electron chi connectivity index (χ1n) is 5.22. The van der Waals surface area contributed by atoms with Gasteiger partial charge in [0.25, 0.3) is 0 Å². The van der Waals surface area contributed by atoms with E-state index in [0.717, 1.165) is 5.75 Å². The van der Waals surface area contributed by atoms with Crippen LogP contribution in [0.3, 0.4) is 0 Å². The Morgan fingerprint density at radius 3 is 2.13 bits per heavy atom. The first-order valence-corrected chi connectivity index (χ1v) is 8.72. The molecule has 0 aromatic heterocycles. The van der Waals surface area contributed by atoms with Crippen LogP contribution >= 0.6 is 0 Å². The molecule has 0 fully saturated rings. The summed E-state index contributed by atoms with van der Waals surface area (Å²) in [6.45, 7) is 7.04. The number of hydrogen-bond acceptors (Lipinski definition) is 2. The van der Waals surface area contributed by atoms with E-state index in [0.29, 0.717) is 0 Å². The topological polar surface area (TPSA) is 12.5 Å². The molecule has 1 aromatic carbocycles. The summed E-state index contributed by atoms with van der Waals surface area (Å²) in [4.78, 5) is 2.16. The first kappa shape index (κ1) is 12.1. The van der Waals surface area contributed by atoms with Crippen LogP contribution in [0.25, 0.3) is 0 Å². The minimum Gasteiger partial charge on any atom is -0.497 e. The third-order valence-corrected chi connectivity index (χ3v) is 4.46. The summed E-state index contributed by atoms with van der Waals surface area (Å²) in [5, 5.41) is 1.40. The Hall–Kier alpha value is -0.963. The van der Waals surface area contributed by atoms with E-state index in [2.05, 4.69) is 56.8 Å². The van der Waals surface area contributed by atoms with Gasteiger partial charge >= 0.3 is 0 Å². The lowest BCUT2D eigenvalue weighted by atomic mass is 10.3. The Morgan fingerprint density at radius 1 is 1.13 bits per heavy atom. The van der Waals surface area contributed by atoms with Crippen LogP contribution in [0.15, 0.2) is 18.2 Å². The third kappa shape index (κ3) is 2.53. The van der Waals surface area contributed by atoms with Gasteiger partial charge < -0.3 is 9.64 Å². The van der Waals surface area contributed by atoms with Crippen LogP contribution < -0.4 is 14.8 Å². The van der Waals surface area contributed by atoms with E-state index in [1.54, 1.807) is 7.11 Å². The molecule has 0 aliphatic carbocycles. The molecule has 0 amide bonds. The van der Waals surface area contributed by atoms with Gasteiger partial charge in [-0.05, 0) is 12.1 Å². The molecular formula is C12H21NOSi. The van der Waals surface area contributed by atoms with Gasteiger partial charge in [-0.15, -0.1) is 0 Å². The molecule has 3 heteroatoms. The van der Waals surface area contributed by atoms with Gasteiger partial charge in [-0.3, -0.25) is 0 Å². The standard InChI is InChI=1S/C12H21NOSi/c1-13(2)10-8-7-9-11(14-3)12(10)15(4,5)6/h7-9H,1-6H3. The number of ether oxygens (including phenoxy) is 1. The number of hydrogen-bond donors (Lipinski definition) is 0. The number of nitrogens with zero attached hydrogens (tertiary/aromatic N) is 1. The van der Waals surface area contributed by atoms with E-state index in [1.807, 2.05) is 0 Å². The van der Waals surface area contributed by atoms with Crippen LogP contribution in [-0.2, 0) is 0 Å². The molecule has 0 heterocycles. The monoisotopic (exact) mass is 223 g/mol. The van der Waals surface area contributed by atoms with Crippen molar-refractivity contribution >= 4 is 18.9 Å². The molecule has 0 saturated heterocycles. The fourth-order valence-corrected chi connectivity index (χ4v) is 3.82. The molecule has 0 spiro atoms. The summed E-state index contributed by atoms with van der Waals surface area (Å²) < 4.78 is 5.47. The molecule has 0 unspecified atom stereocenters. The minimum absolute atomic E-state index is 1.03. The van der Waals surface area contributed by atoms with E-state index in [-0.39, 0.29) is 0 Å². The lowest BCUT2D eigenvalue weighted by Crippen LogP contribution is -2.41. The van der Waals surface area contributed by atoms with E-state index in [9.17, 15) is 0 Å². The average molecular weight is 223 g/mol.